The highest BCUT2D eigenvalue weighted by Crippen LogP contribution is 2.16. The van der Waals surface area contributed by atoms with Gasteiger partial charge in [-0.3, -0.25) is 9.59 Å². The van der Waals surface area contributed by atoms with E-state index in [2.05, 4.69) is 21.1 Å². The lowest BCUT2D eigenvalue weighted by Gasteiger charge is -2.03. The minimum Gasteiger partial charge on any atom is -0.273 e. The van der Waals surface area contributed by atoms with Gasteiger partial charge in [-0.15, -0.1) is 22.7 Å². The molecule has 0 aromatic carbocycles. The molecule has 0 saturated heterocycles. The number of hydrogen-bond donors (Lipinski definition) is 2. The molecule has 0 atom stereocenters. The molecule has 0 bridgehead atoms. The van der Waals surface area contributed by atoms with E-state index in [1.54, 1.807) is 22.7 Å². The molecule has 2 aromatic heterocycles. The smallest absolute Gasteiger partial charge is 0.240 e. The minimum absolute atomic E-state index is 0.144. The number of nitrogens with zero attached hydrogens (tertiary/aromatic N) is 2. The van der Waals surface area contributed by atoms with Crippen molar-refractivity contribution >= 4 is 45.9 Å². The molecule has 0 aliphatic rings. The Morgan fingerprint density at radius 1 is 0.786 bits per heavy atom. The van der Waals surface area contributed by atoms with Gasteiger partial charge < -0.3 is 0 Å². The molecule has 2 amide bonds. The van der Waals surface area contributed by atoms with E-state index in [0.29, 0.717) is 25.7 Å². The molecule has 2 heterocycles. The highest BCUT2D eigenvalue weighted by Gasteiger charge is 2.06. The van der Waals surface area contributed by atoms with E-state index in [9.17, 15) is 9.59 Å². The Bertz CT molecular complexity index is 808. The summed E-state index contributed by atoms with van der Waals surface area (Å²) in [5.41, 5.74) is 6.73. The van der Waals surface area contributed by atoms with Crippen molar-refractivity contribution in [3.63, 3.8) is 0 Å². The molecule has 2 N–H and O–H groups in total. The van der Waals surface area contributed by atoms with Gasteiger partial charge in [0, 0.05) is 22.6 Å². The molecule has 0 aliphatic heterocycles. The van der Waals surface area contributed by atoms with Crippen molar-refractivity contribution in [2.24, 2.45) is 10.2 Å². The largest absolute Gasteiger partial charge is 0.273 e. The summed E-state index contributed by atoms with van der Waals surface area (Å²) in [7, 11) is 0. The Morgan fingerprint density at radius 3 is 1.50 bits per heavy atom. The quantitative estimate of drug-likeness (QED) is 0.360. The molecule has 150 valence electrons. The fraction of sp³-hybridized carbons (Fsp3) is 0.400. The van der Waals surface area contributed by atoms with E-state index < -0.39 is 0 Å². The summed E-state index contributed by atoms with van der Waals surface area (Å²) in [4.78, 5) is 28.2. The number of rotatable bonds is 9. The number of carbonyl (C=O) groups excluding carboxylic acids is 2. The number of hydrogen-bond acceptors (Lipinski definition) is 6. The van der Waals surface area contributed by atoms with Gasteiger partial charge in [-0.25, -0.2) is 10.9 Å². The van der Waals surface area contributed by atoms with E-state index in [0.717, 1.165) is 21.2 Å². The maximum Gasteiger partial charge on any atom is 0.240 e. The molecule has 0 aliphatic carbocycles. The van der Waals surface area contributed by atoms with Crippen molar-refractivity contribution in [1.82, 2.24) is 10.9 Å². The molecule has 6 nitrogen and oxygen atoms in total. The summed E-state index contributed by atoms with van der Waals surface area (Å²) in [5.74, 6) is -0.287. The minimum atomic E-state index is -0.144. The van der Waals surface area contributed by atoms with Crippen molar-refractivity contribution < 1.29 is 9.59 Å². The Balaban J connectivity index is 1.63. The lowest BCUT2D eigenvalue weighted by atomic mass is 10.2. The van der Waals surface area contributed by atoms with Crippen LogP contribution in [0.4, 0.5) is 0 Å². The van der Waals surface area contributed by atoms with Crippen LogP contribution < -0.4 is 10.9 Å². The molecule has 0 saturated carbocycles. The molecule has 28 heavy (non-hydrogen) atoms. The van der Waals surface area contributed by atoms with Crippen LogP contribution in [0.5, 0.6) is 0 Å². The zero-order chi connectivity index (χ0) is 20.5. The highest BCUT2D eigenvalue weighted by atomic mass is 32.1. The summed E-state index contributed by atoms with van der Waals surface area (Å²) in [6, 6.07) is 8.04. The third-order valence-electron chi connectivity index (χ3n) is 3.95. The average Bonchev–Trinajstić information content (AvgIpc) is 3.29. The summed E-state index contributed by atoms with van der Waals surface area (Å²) in [6.45, 7) is 7.81. The Kier molecular flexibility index (Phi) is 8.53. The van der Waals surface area contributed by atoms with Gasteiger partial charge >= 0.3 is 0 Å². The van der Waals surface area contributed by atoms with Crippen molar-refractivity contribution in [3.05, 3.63) is 43.8 Å². The van der Waals surface area contributed by atoms with Gasteiger partial charge in [-0.1, -0.05) is 0 Å². The van der Waals surface area contributed by atoms with E-state index in [1.807, 2.05) is 52.0 Å². The summed E-state index contributed by atoms with van der Waals surface area (Å²) < 4.78 is 0. The number of amides is 2. The predicted molar refractivity (Wildman–Crippen MR) is 117 cm³/mol. The first-order valence-corrected chi connectivity index (χ1v) is 10.8. The Labute approximate surface area is 173 Å². The van der Waals surface area contributed by atoms with Gasteiger partial charge in [0.25, 0.3) is 0 Å². The lowest BCUT2D eigenvalue weighted by molar-refractivity contribution is -0.123. The molecule has 8 heteroatoms. The number of hydrazone groups is 2. The molecule has 2 aromatic rings. The number of carbonyl (C=O) groups is 2. The van der Waals surface area contributed by atoms with Crippen LogP contribution >= 0.6 is 22.7 Å². The molecule has 0 unspecified atom stereocenters. The van der Waals surface area contributed by atoms with E-state index in [1.165, 1.54) is 9.75 Å². The third-order valence-corrected chi connectivity index (χ3v) is 6.17. The molecule has 0 fully saturated rings. The summed E-state index contributed by atoms with van der Waals surface area (Å²) in [6.07, 6.45) is 1.92. The Hall–Kier alpha value is -2.32. The second kappa shape index (κ2) is 10.9. The fourth-order valence-corrected chi connectivity index (χ4v) is 3.97. The zero-order valence-electron chi connectivity index (χ0n) is 16.7. The number of nitrogens with one attached hydrogen (secondary N) is 2. The molecular weight excluding hydrogens is 392 g/mol. The molecule has 0 radical (unpaired) electrons. The van der Waals surface area contributed by atoms with Crippen molar-refractivity contribution in [3.8, 4) is 0 Å². The molecule has 2 rings (SSSR count). The Morgan fingerprint density at radius 2 is 1.18 bits per heavy atom. The van der Waals surface area contributed by atoms with Crippen LogP contribution in [0.15, 0.2) is 34.5 Å². The first kappa shape index (κ1) is 22.0. The fourth-order valence-electron chi connectivity index (χ4n) is 2.34. The van der Waals surface area contributed by atoms with Crippen LogP contribution in [0.25, 0.3) is 0 Å². The topological polar surface area (TPSA) is 82.9 Å². The first-order valence-electron chi connectivity index (χ1n) is 9.15. The van der Waals surface area contributed by atoms with Crippen LogP contribution in [0.3, 0.4) is 0 Å². The van der Waals surface area contributed by atoms with Gasteiger partial charge in [0.2, 0.25) is 11.8 Å². The second-order valence-electron chi connectivity index (χ2n) is 6.49. The van der Waals surface area contributed by atoms with Gasteiger partial charge in [0.15, 0.2) is 0 Å². The normalized spacial score (nSPS) is 12.1. The van der Waals surface area contributed by atoms with Crippen LogP contribution in [0.2, 0.25) is 0 Å². The van der Waals surface area contributed by atoms with Gasteiger partial charge in [0.1, 0.15) is 0 Å². The predicted octanol–water partition coefficient (Wildman–Crippen LogP) is 4.37. The third kappa shape index (κ3) is 7.36. The van der Waals surface area contributed by atoms with Crippen LogP contribution in [-0.4, -0.2) is 23.2 Å². The van der Waals surface area contributed by atoms with Crippen molar-refractivity contribution in [2.45, 2.75) is 53.4 Å². The maximum absolute atomic E-state index is 11.9. The van der Waals surface area contributed by atoms with Crippen LogP contribution in [-0.2, 0) is 9.59 Å². The second-order valence-corrected chi connectivity index (χ2v) is 9.07. The number of thiophene rings is 2. The maximum atomic E-state index is 11.9. The SMILES string of the molecule is CC(=NNC(=O)CCCCC(=O)NN=C(C)c1ccc(C)s1)c1ccc(C)s1. The van der Waals surface area contributed by atoms with Gasteiger partial charge in [-0.2, -0.15) is 10.2 Å². The highest BCUT2D eigenvalue weighted by molar-refractivity contribution is 7.14. The number of unbranched alkanes of at least 4 members (excludes halogenated alkanes) is 1. The summed E-state index contributed by atoms with van der Waals surface area (Å²) >= 11 is 3.28. The lowest BCUT2D eigenvalue weighted by Crippen LogP contribution is -2.20. The van der Waals surface area contributed by atoms with E-state index >= 15 is 0 Å². The summed E-state index contributed by atoms with van der Waals surface area (Å²) in [5, 5.41) is 8.26. The van der Waals surface area contributed by atoms with Crippen molar-refractivity contribution in [2.75, 3.05) is 0 Å². The van der Waals surface area contributed by atoms with E-state index in [-0.39, 0.29) is 11.8 Å². The van der Waals surface area contributed by atoms with Crippen LogP contribution in [0, 0.1) is 13.8 Å². The van der Waals surface area contributed by atoms with E-state index in [4.69, 9.17) is 0 Å². The first-order chi connectivity index (χ1) is 13.3. The standard InChI is InChI=1S/C20H26N4O2S2/c1-13-9-11-17(27-13)15(3)21-23-19(25)7-5-6-8-20(26)24-22-16(4)18-12-10-14(2)28-18/h9-12H,5-8H2,1-4H3,(H,23,25)(H,24,26). The average molecular weight is 419 g/mol. The zero-order valence-corrected chi connectivity index (χ0v) is 18.3. The van der Waals surface area contributed by atoms with Crippen molar-refractivity contribution in [1.29, 1.82) is 0 Å². The molecular formula is C20H26N4O2S2. The van der Waals surface area contributed by atoms with Gasteiger partial charge in [0.05, 0.1) is 21.2 Å². The number of aryl methyl sites for hydroxylation is 2. The van der Waals surface area contributed by atoms with Crippen LogP contribution in [0.1, 0.15) is 59.0 Å². The monoisotopic (exact) mass is 418 g/mol. The van der Waals surface area contributed by atoms with Gasteiger partial charge in [-0.05, 0) is 64.8 Å². The molecule has 0 spiro atoms.